The van der Waals surface area contributed by atoms with Crippen molar-refractivity contribution in [1.29, 1.82) is 5.26 Å². The minimum absolute atomic E-state index is 0.0525. The highest BCUT2D eigenvalue weighted by atomic mass is 16.5. The lowest BCUT2D eigenvalue weighted by Gasteiger charge is -2.07. The summed E-state index contributed by atoms with van der Waals surface area (Å²) in [5, 5.41) is 20.5. The molecular formula is C12H17N3O2. The van der Waals surface area contributed by atoms with Crippen LogP contribution in [0.1, 0.15) is 12.0 Å². The van der Waals surface area contributed by atoms with Crippen LogP contribution in [0.2, 0.25) is 0 Å². The topological polar surface area (TPSA) is 91.3 Å². The van der Waals surface area contributed by atoms with Crippen LogP contribution >= 0.6 is 0 Å². The number of nitriles is 1. The van der Waals surface area contributed by atoms with E-state index in [9.17, 15) is 0 Å². The van der Waals surface area contributed by atoms with E-state index < -0.39 is 0 Å². The van der Waals surface area contributed by atoms with Crippen LogP contribution in [-0.2, 0) is 4.74 Å². The van der Waals surface area contributed by atoms with Gasteiger partial charge in [0.1, 0.15) is 6.07 Å². The Labute approximate surface area is 101 Å². The van der Waals surface area contributed by atoms with E-state index in [0.717, 1.165) is 18.7 Å². The zero-order valence-corrected chi connectivity index (χ0v) is 9.65. The van der Waals surface area contributed by atoms with Crippen LogP contribution in [0.25, 0.3) is 0 Å². The number of anilines is 2. The summed E-state index contributed by atoms with van der Waals surface area (Å²) < 4.78 is 5.12. The first-order valence-corrected chi connectivity index (χ1v) is 5.50. The maximum Gasteiger partial charge on any atom is 0.101 e. The largest absolute Gasteiger partial charge is 0.398 e. The van der Waals surface area contributed by atoms with Gasteiger partial charge in [0.05, 0.1) is 18.8 Å². The molecule has 0 amide bonds. The molecule has 0 spiro atoms. The fourth-order valence-electron chi connectivity index (χ4n) is 1.34. The highest BCUT2D eigenvalue weighted by molar-refractivity contribution is 5.61. The molecule has 5 nitrogen and oxygen atoms in total. The molecule has 0 atom stereocenters. The maximum absolute atomic E-state index is 8.81. The third-order valence-corrected chi connectivity index (χ3v) is 2.20. The first kappa shape index (κ1) is 13.3. The van der Waals surface area contributed by atoms with Crippen molar-refractivity contribution < 1.29 is 9.84 Å². The minimum atomic E-state index is 0.0525. The lowest BCUT2D eigenvalue weighted by Crippen LogP contribution is -2.07. The standard InChI is InChI=1S/C12H17N3O2/c13-9-10-8-11(2-3-12(10)14)15-4-1-6-17-7-5-16/h2-3,8,15-16H,1,4-7,14H2. The van der Waals surface area contributed by atoms with E-state index in [4.69, 9.17) is 20.8 Å². The molecular weight excluding hydrogens is 218 g/mol. The minimum Gasteiger partial charge on any atom is -0.398 e. The second-order valence-electron chi connectivity index (χ2n) is 3.53. The van der Waals surface area contributed by atoms with Crippen LogP contribution in [0.15, 0.2) is 18.2 Å². The normalized spacial score (nSPS) is 9.88. The fraction of sp³-hybridized carbons (Fsp3) is 0.417. The van der Waals surface area contributed by atoms with E-state index >= 15 is 0 Å². The Morgan fingerprint density at radius 2 is 2.24 bits per heavy atom. The number of aliphatic hydroxyl groups is 1. The molecule has 1 aromatic rings. The van der Waals surface area contributed by atoms with Gasteiger partial charge in [-0.25, -0.2) is 0 Å². The molecule has 0 aliphatic heterocycles. The molecule has 0 aromatic heterocycles. The van der Waals surface area contributed by atoms with Crippen LogP contribution in [0.4, 0.5) is 11.4 Å². The number of nitrogens with two attached hydrogens (primary N) is 1. The molecule has 5 heteroatoms. The van der Waals surface area contributed by atoms with Crippen molar-refractivity contribution in [2.24, 2.45) is 0 Å². The second kappa shape index (κ2) is 7.49. The van der Waals surface area contributed by atoms with Gasteiger partial charge in [0.25, 0.3) is 0 Å². The smallest absolute Gasteiger partial charge is 0.101 e. The summed E-state index contributed by atoms with van der Waals surface area (Å²) in [5.41, 5.74) is 7.46. The molecule has 0 unspecified atom stereocenters. The summed E-state index contributed by atoms with van der Waals surface area (Å²) in [6, 6.07) is 7.31. The monoisotopic (exact) mass is 235 g/mol. The quantitative estimate of drug-likeness (QED) is 0.483. The van der Waals surface area contributed by atoms with Crippen molar-refractivity contribution in [3.63, 3.8) is 0 Å². The van der Waals surface area contributed by atoms with Crippen molar-refractivity contribution in [3.8, 4) is 6.07 Å². The van der Waals surface area contributed by atoms with Crippen molar-refractivity contribution in [3.05, 3.63) is 23.8 Å². The van der Waals surface area contributed by atoms with E-state index in [1.165, 1.54) is 0 Å². The summed E-state index contributed by atoms with van der Waals surface area (Å²) in [7, 11) is 0. The van der Waals surface area contributed by atoms with Gasteiger partial charge in [-0.3, -0.25) is 0 Å². The van der Waals surface area contributed by atoms with Gasteiger partial charge in [0.15, 0.2) is 0 Å². The first-order chi connectivity index (χ1) is 8.27. The maximum atomic E-state index is 8.81. The number of nitrogen functional groups attached to an aromatic ring is 1. The van der Waals surface area contributed by atoms with Crippen molar-refractivity contribution >= 4 is 11.4 Å². The zero-order chi connectivity index (χ0) is 12.5. The molecule has 0 fully saturated rings. The van der Waals surface area contributed by atoms with Gasteiger partial charge in [-0.1, -0.05) is 0 Å². The molecule has 4 N–H and O–H groups in total. The molecule has 0 saturated carbocycles. The van der Waals surface area contributed by atoms with Gasteiger partial charge in [-0.15, -0.1) is 0 Å². The predicted molar refractivity (Wildman–Crippen MR) is 66.6 cm³/mol. The van der Waals surface area contributed by atoms with E-state index in [1.54, 1.807) is 12.1 Å². The van der Waals surface area contributed by atoms with Crippen molar-refractivity contribution in [2.45, 2.75) is 6.42 Å². The van der Waals surface area contributed by atoms with Gasteiger partial charge in [0, 0.05) is 24.5 Å². The summed E-state index contributed by atoms with van der Waals surface area (Å²) in [4.78, 5) is 0. The van der Waals surface area contributed by atoms with Crippen LogP contribution in [-0.4, -0.2) is 31.5 Å². The number of hydrogen-bond donors (Lipinski definition) is 3. The molecule has 17 heavy (non-hydrogen) atoms. The Bertz CT molecular complexity index is 388. The molecule has 0 saturated heterocycles. The Morgan fingerprint density at radius 1 is 1.41 bits per heavy atom. The summed E-state index contributed by atoms with van der Waals surface area (Å²) in [5.74, 6) is 0. The third kappa shape index (κ3) is 4.72. The van der Waals surface area contributed by atoms with Gasteiger partial charge in [-0.2, -0.15) is 5.26 Å². The molecule has 0 aliphatic rings. The lowest BCUT2D eigenvalue weighted by molar-refractivity contribution is 0.0922. The van der Waals surface area contributed by atoms with Crippen LogP contribution < -0.4 is 11.1 Å². The number of hydrogen-bond acceptors (Lipinski definition) is 5. The Morgan fingerprint density at radius 3 is 2.94 bits per heavy atom. The highest BCUT2D eigenvalue weighted by Crippen LogP contribution is 2.16. The number of rotatable bonds is 7. The van der Waals surface area contributed by atoms with Gasteiger partial charge in [-0.05, 0) is 24.6 Å². The fourth-order valence-corrected chi connectivity index (χ4v) is 1.34. The molecule has 0 bridgehead atoms. The predicted octanol–water partition coefficient (Wildman–Crippen LogP) is 0.951. The van der Waals surface area contributed by atoms with Crippen LogP contribution in [0, 0.1) is 11.3 Å². The first-order valence-electron chi connectivity index (χ1n) is 5.50. The van der Waals surface area contributed by atoms with E-state index in [-0.39, 0.29) is 6.61 Å². The Kier molecular flexibility index (Phi) is 5.86. The average Bonchev–Trinajstić information content (AvgIpc) is 2.35. The molecule has 0 heterocycles. The highest BCUT2D eigenvalue weighted by Gasteiger charge is 1.99. The summed E-state index contributed by atoms with van der Waals surface area (Å²) in [6.45, 7) is 1.78. The zero-order valence-electron chi connectivity index (χ0n) is 9.65. The summed E-state index contributed by atoms with van der Waals surface area (Å²) in [6.07, 6.45) is 0.840. The van der Waals surface area contributed by atoms with Crippen LogP contribution in [0.5, 0.6) is 0 Å². The van der Waals surface area contributed by atoms with Crippen molar-refractivity contribution in [1.82, 2.24) is 0 Å². The molecule has 92 valence electrons. The molecule has 0 radical (unpaired) electrons. The number of aliphatic hydroxyl groups excluding tert-OH is 1. The summed E-state index contributed by atoms with van der Waals surface area (Å²) >= 11 is 0. The molecule has 0 aliphatic carbocycles. The molecule has 1 rings (SSSR count). The SMILES string of the molecule is N#Cc1cc(NCCCOCCO)ccc1N. The number of nitrogens with one attached hydrogen (secondary N) is 1. The van der Waals surface area contributed by atoms with Crippen LogP contribution in [0.3, 0.4) is 0 Å². The second-order valence-corrected chi connectivity index (χ2v) is 3.53. The third-order valence-electron chi connectivity index (χ3n) is 2.20. The average molecular weight is 235 g/mol. The number of nitrogens with zero attached hydrogens (tertiary/aromatic N) is 1. The number of benzene rings is 1. The Hall–Kier alpha value is -1.77. The van der Waals surface area contributed by atoms with Gasteiger partial charge in [0.2, 0.25) is 0 Å². The van der Waals surface area contributed by atoms with E-state index in [0.29, 0.717) is 24.5 Å². The van der Waals surface area contributed by atoms with E-state index in [1.807, 2.05) is 12.1 Å². The lowest BCUT2D eigenvalue weighted by atomic mass is 10.2. The number of ether oxygens (including phenoxy) is 1. The van der Waals surface area contributed by atoms with Gasteiger partial charge < -0.3 is 20.9 Å². The van der Waals surface area contributed by atoms with Crippen molar-refractivity contribution in [2.75, 3.05) is 37.4 Å². The molecule has 1 aromatic carbocycles. The Balaban J connectivity index is 2.30. The van der Waals surface area contributed by atoms with E-state index in [2.05, 4.69) is 5.32 Å². The van der Waals surface area contributed by atoms with Gasteiger partial charge >= 0.3 is 0 Å².